The molecule has 0 radical (unpaired) electrons. The molecule has 1 N–H and O–H groups in total. The quantitative estimate of drug-likeness (QED) is 0.736. The van der Waals surface area contributed by atoms with Crippen molar-refractivity contribution >= 4 is 23.2 Å². The summed E-state index contributed by atoms with van der Waals surface area (Å²) in [6.07, 6.45) is 1.53. The van der Waals surface area contributed by atoms with Gasteiger partial charge in [-0.2, -0.15) is 0 Å². The van der Waals surface area contributed by atoms with Crippen molar-refractivity contribution in [1.82, 2.24) is 10.2 Å². The summed E-state index contributed by atoms with van der Waals surface area (Å²) in [4.78, 5) is 16.4. The molecule has 2 rings (SSSR count). The molecule has 0 aliphatic carbocycles. The van der Waals surface area contributed by atoms with Crippen molar-refractivity contribution in [3.05, 3.63) is 29.3 Å². The number of halogens is 1. The van der Waals surface area contributed by atoms with Gasteiger partial charge in [0.05, 0.1) is 0 Å². The van der Waals surface area contributed by atoms with E-state index in [9.17, 15) is 4.79 Å². The molecule has 0 spiro atoms. The molecule has 23 heavy (non-hydrogen) atoms. The third-order valence-corrected chi connectivity index (χ3v) is 4.26. The van der Waals surface area contributed by atoms with Gasteiger partial charge >= 0.3 is 0 Å². The second kappa shape index (κ2) is 9.75. The van der Waals surface area contributed by atoms with E-state index in [-0.39, 0.29) is 5.91 Å². The zero-order chi connectivity index (χ0) is 16.5. The van der Waals surface area contributed by atoms with Crippen LogP contribution in [0.25, 0.3) is 0 Å². The number of nitrogens with one attached hydrogen (secondary N) is 1. The van der Waals surface area contributed by atoms with Crippen LogP contribution in [0.3, 0.4) is 0 Å². The Balaban J connectivity index is 1.66. The van der Waals surface area contributed by atoms with E-state index in [1.165, 1.54) is 0 Å². The van der Waals surface area contributed by atoms with Crippen LogP contribution in [0, 0.1) is 0 Å². The number of carbonyl (C=O) groups excluding carboxylic acids is 1. The van der Waals surface area contributed by atoms with Gasteiger partial charge in [0.25, 0.3) is 0 Å². The van der Waals surface area contributed by atoms with Crippen molar-refractivity contribution in [3.8, 4) is 0 Å². The predicted molar refractivity (Wildman–Crippen MR) is 94.2 cm³/mol. The summed E-state index contributed by atoms with van der Waals surface area (Å²) in [6.45, 7) is 5.64. The van der Waals surface area contributed by atoms with Crippen LogP contribution in [0.2, 0.25) is 5.02 Å². The van der Waals surface area contributed by atoms with Gasteiger partial charge in [0.2, 0.25) is 5.91 Å². The molecule has 1 heterocycles. The van der Waals surface area contributed by atoms with Gasteiger partial charge in [-0.1, -0.05) is 17.7 Å². The first-order chi connectivity index (χ1) is 11.2. The molecular formula is C17H26ClN3O2. The summed E-state index contributed by atoms with van der Waals surface area (Å²) < 4.78 is 4.99. The van der Waals surface area contributed by atoms with E-state index in [2.05, 4.69) is 16.3 Å². The van der Waals surface area contributed by atoms with Crippen LogP contribution in [0.15, 0.2) is 24.3 Å². The van der Waals surface area contributed by atoms with Crippen LogP contribution in [-0.2, 0) is 9.53 Å². The highest BCUT2D eigenvalue weighted by Gasteiger charge is 2.20. The van der Waals surface area contributed by atoms with Crippen LogP contribution in [-0.4, -0.2) is 63.8 Å². The Labute approximate surface area is 143 Å². The fraction of sp³-hybridized carbons (Fsp3) is 0.588. The number of carbonyl (C=O) groups is 1. The van der Waals surface area contributed by atoms with E-state index in [0.717, 1.165) is 63.0 Å². The topological polar surface area (TPSA) is 44.8 Å². The Morgan fingerprint density at radius 3 is 2.74 bits per heavy atom. The molecule has 0 bridgehead atoms. The maximum Gasteiger partial charge on any atom is 0.223 e. The average molecular weight is 340 g/mol. The molecule has 0 unspecified atom stereocenters. The fourth-order valence-corrected chi connectivity index (χ4v) is 2.89. The zero-order valence-corrected chi connectivity index (χ0v) is 14.5. The molecule has 128 valence electrons. The number of ether oxygens (including phenoxy) is 1. The predicted octanol–water partition coefficient (Wildman–Crippen LogP) is 2.00. The van der Waals surface area contributed by atoms with Crippen molar-refractivity contribution in [1.29, 1.82) is 0 Å². The van der Waals surface area contributed by atoms with E-state index in [1.54, 1.807) is 7.11 Å². The van der Waals surface area contributed by atoms with Gasteiger partial charge in [0.15, 0.2) is 0 Å². The molecule has 1 aromatic carbocycles. The first-order valence-electron chi connectivity index (χ1n) is 8.18. The number of hydrogen-bond acceptors (Lipinski definition) is 4. The lowest BCUT2D eigenvalue weighted by molar-refractivity contribution is -0.131. The molecule has 1 aromatic rings. The Morgan fingerprint density at radius 2 is 2.04 bits per heavy atom. The molecule has 0 saturated carbocycles. The van der Waals surface area contributed by atoms with E-state index in [1.807, 2.05) is 23.1 Å². The van der Waals surface area contributed by atoms with Crippen LogP contribution < -0.4 is 10.2 Å². The first-order valence-corrected chi connectivity index (χ1v) is 8.56. The molecular weight excluding hydrogens is 314 g/mol. The summed E-state index contributed by atoms with van der Waals surface area (Å²) in [5.41, 5.74) is 1.13. The molecule has 5 nitrogen and oxygen atoms in total. The summed E-state index contributed by atoms with van der Waals surface area (Å²) in [5, 5.41) is 4.03. The Kier molecular flexibility index (Phi) is 7.65. The molecule has 0 atom stereocenters. The second-order valence-electron chi connectivity index (χ2n) is 5.69. The Bertz CT molecular complexity index is 490. The van der Waals surface area contributed by atoms with E-state index >= 15 is 0 Å². The molecule has 1 aliphatic heterocycles. The summed E-state index contributed by atoms with van der Waals surface area (Å²) in [7, 11) is 1.70. The van der Waals surface area contributed by atoms with Gasteiger partial charge in [-0.25, -0.2) is 0 Å². The largest absolute Gasteiger partial charge is 0.385 e. The number of piperazine rings is 1. The van der Waals surface area contributed by atoms with Crippen molar-refractivity contribution < 1.29 is 9.53 Å². The van der Waals surface area contributed by atoms with Crippen molar-refractivity contribution in [3.63, 3.8) is 0 Å². The molecule has 1 aliphatic rings. The number of anilines is 1. The highest BCUT2D eigenvalue weighted by Crippen LogP contribution is 2.20. The Hall–Kier alpha value is -1.30. The van der Waals surface area contributed by atoms with Crippen molar-refractivity contribution in [2.45, 2.75) is 12.8 Å². The standard InChI is InChI=1S/C17H26ClN3O2/c1-23-13-3-7-19-8-6-17(22)21-11-9-20(10-12-21)16-5-2-4-15(18)14-16/h2,4-5,14,19H,3,6-13H2,1H3. The SMILES string of the molecule is COCCCNCCC(=O)N1CCN(c2cccc(Cl)c2)CC1. The second-order valence-corrected chi connectivity index (χ2v) is 6.13. The van der Waals surface area contributed by atoms with Gasteiger partial charge in [0, 0.05) is 63.6 Å². The lowest BCUT2D eigenvalue weighted by Crippen LogP contribution is -2.49. The molecule has 0 aromatic heterocycles. The minimum absolute atomic E-state index is 0.231. The summed E-state index contributed by atoms with van der Waals surface area (Å²) in [5.74, 6) is 0.231. The van der Waals surface area contributed by atoms with Crippen LogP contribution in [0.4, 0.5) is 5.69 Å². The minimum Gasteiger partial charge on any atom is -0.385 e. The third-order valence-electron chi connectivity index (χ3n) is 4.02. The van der Waals surface area contributed by atoms with Crippen molar-refractivity contribution in [2.24, 2.45) is 0 Å². The number of benzene rings is 1. The highest BCUT2D eigenvalue weighted by molar-refractivity contribution is 6.30. The molecule has 1 fully saturated rings. The van der Waals surface area contributed by atoms with Crippen LogP contribution in [0.5, 0.6) is 0 Å². The van der Waals surface area contributed by atoms with E-state index < -0.39 is 0 Å². The van der Waals surface area contributed by atoms with Crippen LogP contribution >= 0.6 is 11.6 Å². The zero-order valence-electron chi connectivity index (χ0n) is 13.8. The maximum atomic E-state index is 12.2. The molecule has 6 heteroatoms. The van der Waals surface area contributed by atoms with E-state index in [0.29, 0.717) is 6.42 Å². The Morgan fingerprint density at radius 1 is 1.26 bits per heavy atom. The lowest BCUT2D eigenvalue weighted by Gasteiger charge is -2.36. The number of methoxy groups -OCH3 is 1. The fourth-order valence-electron chi connectivity index (χ4n) is 2.71. The summed E-state index contributed by atoms with van der Waals surface area (Å²) in [6, 6.07) is 7.88. The molecule has 1 amide bonds. The first kappa shape index (κ1) is 18.0. The number of nitrogens with zero attached hydrogens (tertiary/aromatic N) is 2. The number of hydrogen-bond donors (Lipinski definition) is 1. The maximum absolute atomic E-state index is 12.2. The third kappa shape index (κ3) is 6.01. The van der Waals surface area contributed by atoms with Crippen LogP contribution in [0.1, 0.15) is 12.8 Å². The molecule has 1 saturated heterocycles. The minimum atomic E-state index is 0.231. The number of amides is 1. The lowest BCUT2D eigenvalue weighted by atomic mass is 10.2. The summed E-state index contributed by atoms with van der Waals surface area (Å²) >= 11 is 6.04. The normalized spacial score (nSPS) is 15.0. The van der Waals surface area contributed by atoms with E-state index in [4.69, 9.17) is 16.3 Å². The van der Waals surface area contributed by atoms with Gasteiger partial charge in [-0.3, -0.25) is 4.79 Å². The van der Waals surface area contributed by atoms with Gasteiger partial charge in [-0.15, -0.1) is 0 Å². The van der Waals surface area contributed by atoms with Gasteiger partial charge in [-0.05, 0) is 31.2 Å². The van der Waals surface area contributed by atoms with Crippen molar-refractivity contribution in [2.75, 3.05) is 57.9 Å². The van der Waals surface area contributed by atoms with Gasteiger partial charge in [0.1, 0.15) is 0 Å². The average Bonchev–Trinajstić information content (AvgIpc) is 2.58. The monoisotopic (exact) mass is 339 g/mol. The highest BCUT2D eigenvalue weighted by atomic mass is 35.5. The number of rotatable bonds is 8. The van der Waals surface area contributed by atoms with Gasteiger partial charge < -0.3 is 19.9 Å². The smallest absolute Gasteiger partial charge is 0.223 e.